The highest BCUT2D eigenvalue weighted by molar-refractivity contribution is 6.22. The molecule has 2 aromatic rings. The zero-order valence-corrected chi connectivity index (χ0v) is 16.6. The molecule has 0 aliphatic carbocycles. The molecular formula is C23H26N2O3. The number of hydrogen-bond acceptors (Lipinski definition) is 3. The second kappa shape index (κ2) is 7.97. The summed E-state index contributed by atoms with van der Waals surface area (Å²) in [6, 6.07) is 15.0. The number of fused-ring (bicyclic) bond motifs is 1. The van der Waals surface area contributed by atoms with E-state index in [9.17, 15) is 14.4 Å². The predicted molar refractivity (Wildman–Crippen MR) is 108 cm³/mol. The first kappa shape index (κ1) is 19.8. The van der Waals surface area contributed by atoms with Crippen LogP contribution in [0.25, 0.3) is 0 Å². The summed E-state index contributed by atoms with van der Waals surface area (Å²) in [6.45, 7) is 6.02. The minimum atomic E-state index is -0.603. The van der Waals surface area contributed by atoms with Gasteiger partial charge in [0.05, 0.1) is 11.1 Å². The van der Waals surface area contributed by atoms with Crippen molar-refractivity contribution in [2.24, 2.45) is 0 Å². The minimum absolute atomic E-state index is 0.225. The lowest BCUT2D eigenvalue weighted by atomic mass is 10.1. The molecule has 0 atom stereocenters. The molecule has 0 radical (unpaired) electrons. The molecule has 5 heteroatoms. The fraction of sp³-hybridized carbons (Fsp3) is 0.348. The Hall–Kier alpha value is -2.95. The molecule has 3 rings (SSSR count). The molecular weight excluding hydrogens is 352 g/mol. The number of carbonyl (C=O) groups is 3. The maximum absolute atomic E-state index is 12.6. The first-order valence-electron chi connectivity index (χ1n) is 9.64. The number of hydrogen-bond donors (Lipinski definition) is 1. The fourth-order valence-corrected chi connectivity index (χ4v) is 3.39. The van der Waals surface area contributed by atoms with Gasteiger partial charge in [-0.2, -0.15) is 0 Å². The van der Waals surface area contributed by atoms with Gasteiger partial charge in [-0.15, -0.1) is 0 Å². The second-order valence-electron chi connectivity index (χ2n) is 8.08. The molecule has 0 saturated carbocycles. The Balaban J connectivity index is 1.57. The van der Waals surface area contributed by atoms with E-state index in [1.807, 2.05) is 39.0 Å². The van der Waals surface area contributed by atoms with E-state index < -0.39 is 5.54 Å². The summed E-state index contributed by atoms with van der Waals surface area (Å²) in [5.41, 5.74) is 1.75. The summed E-state index contributed by atoms with van der Waals surface area (Å²) >= 11 is 0. The Kier molecular flexibility index (Phi) is 5.63. The lowest BCUT2D eigenvalue weighted by Crippen LogP contribution is -2.45. The van der Waals surface area contributed by atoms with Gasteiger partial charge >= 0.3 is 0 Å². The molecule has 0 saturated heterocycles. The molecule has 0 fully saturated rings. The molecule has 3 amide bonds. The summed E-state index contributed by atoms with van der Waals surface area (Å²) in [4.78, 5) is 38.8. The quantitative estimate of drug-likeness (QED) is 0.614. The van der Waals surface area contributed by atoms with E-state index >= 15 is 0 Å². The van der Waals surface area contributed by atoms with Crippen LogP contribution in [0.5, 0.6) is 0 Å². The summed E-state index contributed by atoms with van der Waals surface area (Å²) < 4.78 is 0. The molecule has 0 bridgehead atoms. The van der Waals surface area contributed by atoms with E-state index in [-0.39, 0.29) is 17.7 Å². The molecule has 0 aromatic heterocycles. The molecule has 1 N–H and O–H groups in total. The van der Waals surface area contributed by atoms with Crippen LogP contribution in [0, 0.1) is 0 Å². The average Bonchev–Trinajstić information content (AvgIpc) is 2.92. The highest BCUT2D eigenvalue weighted by atomic mass is 16.2. The molecule has 1 aliphatic rings. The Morgan fingerprint density at radius 2 is 1.61 bits per heavy atom. The number of imide groups is 1. The van der Waals surface area contributed by atoms with Crippen molar-refractivity contribution < 1.29 is 14.4 Å². The van der Waals surface area contributed by atoms with Crippen molar-refractivity contribution >= 4 is 17.7 Å². The Bertz CT molecular complexity index is 898. The van der Waals surface area contributed by atoms with Crippen LogP contribution in [0.1, 0.15) is 70.3 Å². The Morgan fingerprint density at radius 3 is 2.29 bits per heavy atom. The van der Waals surface area contributed by atoms with Crippen LogP contribution in [0.4, 0.5) is 0 Å². The fourth-order valence-electron chi connectivity index (χ4n) is 3.39. The monoisotopic (exact) mass is 378 g/mol. The molecule has 1 heterocycles. The van der Waals surface area contributed by atoms with Crippen molar-refractivity contribution in [3.8, 4) is 0 Å². The SMILES string of the molecule is CC(C)(C)N1C(=O)c2ccc(C(=O)NCCCCc3ccccc3)cc2C1=O. The number of nitrogens with zero attached hydrogens (tertiary/aromatic N) is 1. The molecule has 0 spiro atoms. The minimum Gasteiger partial charge on any atom is -0.352 e. The van der Waals surface area contributed by atoms with Gasteiger partial charge in [-0.3, -0.25) is 19.3 Å². The van der Waals surface area contributed by atoms with Crippen LogP contribution >= 0.6 is 0 Å². The van der Waals surface area contributed by atoms with E-state index in [1.165, 1.54) is 16.5 Å². The zero-order chi connectivity index (χ0) is 20.3. The van der Waals surface area contributed by atoms with E-state index in [1.54, 1.807) is 12.1 Å². The summed E-state index contributed by atoms with van der Waals surface area (Å²) in [5.74, 6) is -0.873. The molecule has 28 heavy (non-hydrogen) atoms. The van der Waals surface area contributed by atoms with Crippen molar-refractivity contribution in [1.29, 1.82) is 0 Å². The third-order valence-electron chi connectivity index (χ3n) is 4.84. The van der Waals surface area contributed by atoms with Crippen LogP contribution in [-0.2, 0) is 6.42 Å². The van der Waals surface area contributed by atoms with Gasteiger partial charge < -0.3 is 5.32 Å². The average molecular weight is 378 g/mol. The molecule has 5 nitrogen and oxygen atoms in total. The maximum Gasteiger partial charge on any atom is 0.262 e. The maximum atomic E-state index is 12.6. The van der Waals surface area contributed by atoms with E-state index in [0.717, 1.165) is 19.3 Å². The first-order valence-corrected chi connectivity index (χ1v) is 9.64. The van der Waals surface area contributed by atoms with Crippen molar-refractivity contribution in [2.45, 2.75) is 45.6 Å². The number of nitrogens with one attached hydrogen (secondary N) is 1. The van der Waals surface area contributed by atoms with Gasteiger partial charge in [0.1, 0.15) is 0 Å². The number of benzene rings is 2. The van der Waals surface area contributed by atoms with E-state index in [2.05, 4.69) is 17.4 Å². The van der Waals surface area contributed by atoms with Crippen LogP contribution in [0.2, 0.25) is 0 Å². The van der Waals surface area contributed by atoms with Gasteiger partial charge in [-0.25, -0.2) is 0 Å². The van der Waals surface area contributed by atoms with Gasteiger partial charge in [-0.05, 0) is 63.8 Å². The van der Waals surface area contributed by atoms with Crippen LogP contribution in [0.15, 0.2) is 48.5 Å². The van der Waals surface area contributed by atoms with Gasteiger partial charge in [0.2, 0.25) is 0 Å². The lowest BCUT2D eigenvalue weighted by Gasteiger charge is -2.29. The third-order valence-corrected chi connectivity index (χ3v) is 4.84. The van der Waals surface area contributed by atoms with Crippen LogP contribution in [-0.4, -0.2) is 34.7 Å². The molecule has 1 aliphatic heterocycles. The molecule has 146 valence electrons. The summed E-state index contributed by atoms with van der Waals surface area (Å²) in [5, 5.41) is 2.90. The topological polar surface area (TPSA) is 66.5 Å². The summed E-state index contributed by atoms with van der Waals surface area (Å²) in [6.07, 6.45) is 2.84. The Labute approximate surface area is 165 Å². The van der Waals surface area contributed by atoms with Gasteiger partial charge in [0.25, 0.3) is 17.7 Å². The number of carbonyl (C=O) groups excluding carboxylic acids is 3. The van der Waals surface area contributed by atoms with Crippen molar-refractivity contribution in [2.75, 3.05) is 6.54 Å². The van der Waals surface area contributed by atoms with Crippen molar-refractivity contribution in [3.63, 3.8) is 0 Å². The highest BCUT2D eigenvalue weighted by Crippen LogP contribution is 2.29. The first-order chi connectivity index (χ1) is 13.3. The normalized spacial score (nSPS) is 13.6. The molecule has 2 aromatic carbocycles. The van der Waals surface area contributed by atoms with E-state index in [0.29, 0.717) is 23.2 Å². The summed E-state index contributed by atoms with van der Waals surface area (Å²) in [7, 11) is 0. The predicted octanol–water partition coefficient (Wildman–Crippen LogP) is 3.83. The van der Waals surface area contributed by atoms with Crippen LogP contribution in [0.3, 0.4) is 0 Å². The zero-order valence-electron chi connectivity index (χ0n) is 16.6. The smallest absolute Gasteiger partial charge is 0.262 e. The van der Waals surface area contributed by atoms with Gasteiger partial charge in [0, 0.05) is 17.6 Å². The van der Waals surface area contributed by atoms with Crippen LogP contribution < -0.4 is 5.32 Å². The van der Waals surface area contributed by atoms with Crippen molar-refractivity contribution in [1.82, 2.24) is 10.2 Å². The number of aryl methyl sites for hydroxylation is 1. The largest absolute Gasteiger partial charge is 0.352 e. The lowest BCUT2D eigenvalue weighted by molar-refractivity contribution is 0.0507. The number of amides is 3. The number of rotatable bonds is 6. The number of unbranched alkanes of at least 4 members (excludes halogenated alkanes) is 1. The standard InChI is InChI=1S/C23H26N2O3/c1-23(2,3)25-21(27)18-13-12-17(15-19(18)22(25)28)20(26)24-14-8-7-11-16-9-5-4-6-10-16/h4-6,9-10,12-13,15H,7-8,11,14H2,1-3H3,(H,24,26). The van der Waals surface area contributed by atoms with Gasteiger partial charge in [0.15, 0.2) is 0 Å². The third kappa shape index (κ3) is 4.14. The second-order valence-corrected chi connectivity index (χ2v) is 8.08. The van der Waals surface area contributed by atoms with Crippen molar-refractivity contribution in [3.05, 3.63) is 70.8 Å². The van der Waals surface area contributed by atoms with E-state index in [4.69, 9.17) is 0 Å². The highest BCUT2D eigenvalue weighted by Gasteiger charge is 2.42. The van der Waals surface area contributed by atoms with Gasteiger partial charge in [-0.1, -0.05) is 30.3 Å². The Morgan fingerprint density at radius 1 is 0.929 bits per heavy atom. The molecule has 0 unspecified atom stereocenters.